The van der Waals surface area contributed by atoms with Crippen LogP contribution in [0.4, 0.5) is 0 Å². The Balaban J connectivity index is 1.56. The van der Waals surface area contributed by atoms with Gasteiger partial charge in [0.15, 0.2) is 0 Å². The minimum Gasteiger partial charge on any atom is -0.491 e. The molecule has 0 bridgehead atoms. The number of carbonyl (C=O) groups is 1. The molecule has 1 fully saturated rings. The van der Waals surface area contributed by atoms with Crippen molar-refractivity contribution in [2.24, 2.45) is 0 Å². The van der Waals surface area contributed by atoms with Gasteiger partial charge in [-0.1, -0.05) is 12.5 Å². The Morgan fingerprint density at radius 3 is 2.88 bits per heavy atom. The predicted molar refractivity (Wildman–Crippen MR) is 95.9 cm³/mol. The van der Waals surface area contributed by atoms with Gasteiger partial charge in [0.25, 0.3) is 5.91 Å². The molecule has 0 spiro atoms. The number of ether oxygens (including phenoxy) is 1. The SMILES string of the molecule is O=C1NCCOc2cc(-c3c[nH]c4nc(C5CCC5)ccc34)ccc21. The molecular formula is C20H19N3O2. The number of aromatic amines is 1. The molecule has 5 heteroatoms. The van der Waals surface area contributed by atoms with Crippen LogP contribution in [0.1, 0.15) is 41.2 Å². The number of hydrogen-bond donors (Lipinski definition) is 2. The van der Waals surface area contributed by atoms with E-state index >= 15 is 0 Å². The van der Waals surface area contributed by atoms with E-state index in [1.54, 1.807) is 0 Å². The topological polar surface area (TPSA) is 67.0 Å². The first-order valence-electron chi connectivity index (χ1n) is 8.83. The molecule has 1 aliphatic heterocycles. The third-order valence-corrected chi connectivity index (χ3v) is 5.27. The number of amides is 1. The highest BCUT2D eigenvalue weighted by Gasteiger charge is 2.22. The Bertz CT molecular complexity index is 972. The van der Waals surface area contributed by atoms with E-state index in [4.69, 9.17) is 9.72 Å². The summed E-state index contributed by atoms with van der Waals surface area (Å²) >= 11 is 0. The van der Waals surface area contributed by atoms with Crippen LogP contribution in [-0.4, -0.2) is 29.0 Å². The molecule has 25 heavy (non-hydrogen) atoms. The van der Waals surface area contributed by atoms with Gasteiger partial charge < -0.3 is 15.0 Å². The summed E-state index contributed by atoms with van der Waals surface area (Å²) in [6.07, 6.45) is 5.79. The summed E-state index contributed by atoms with van der Waals surface area (Å²) < 4.78 is 5.73. The Hall–Kier alpha value is -2.82. The third kappa shape index (κ3) is 2.38. The molecule has 0 saturated heterocycles. The molecule has 0 atom stereocenters. The number of fused-ring (bicyclic) bond motifs is 2. The lowest BCUT2D eigenvalue weighted by atomic mass is 9.82. The van der Waals surface area contributed by atoms with Crippen LogP contribution in [0.3, 0.4) is 0 Å². The maximum absolute atomic E-state index is 12.0. The van der Waals surface area contributed by atoms with Crippen molar-refractivity contribution in [1.82, 2.24) is 15.3 Å². The molecule has 1 aliphatic carbocycles. The highest BCUT2D eigenvalue weighted by Crippen LogP contribution is 2.37. The van der Waals surface area contributed by atoms with Gasteiger partial charge in [-0.05, 0) is 42.7 Å². The van der Waals surface area contributed by atoms with Gasteiger partial charge >= 0.3 is 0 Å². The van der Waals surface area contributed by atoms with Gasteiger partial charge in [-0.15, -0.1) is 0 Å². The molecule has 0 radical (unpaired) electrons. The Morgan fingerprint density at radius 1 is 1.12 bits per heavy atom. The van der Waals surface area contributed by atoms with Crippen LogP contribution >= 0.6 is 0 Å². The first-order chi connectivity index (χ1) is 12.3. The van der Waals surface area contributed by atoms with Gasteiger partial charge in [-0.25, -0.2) is 4.98 Å². The van der Waals surface area contributed by atoms with Gasteiger partial charge in [-0.2, -0.15) is 0 Å². The molecule has 126 valence electrons. The van der Waals surface area contributed by atoms with Crippen molar-refractivity contribution in [1.29, 1.82) is 0 Å². The first-order valence-corrected chi connectivity index (χ1v) is 8.83. The van der Waals surface area contributed by atoms with Crippen LogP contribution in [0.25, 0.3) is 22.2 Å². The van der Waals surface area contributed by atoms with E-state index in [0.717, 1.165) is 22.2 Å². The van der Waals surface area contributed by atoms with Gasteiger partial charge in [-0.3, -0.25) is 4.79 Å². The third-order valence-electron chi connectivity index (χ3n) is 5.27. The Kier molecular flexibility index (Phi) is 3.26. The second kappa shape index (κ2) is 5.62. The highest BCUT2D eigenvalue weighted by atomic mass is 16.5. The second-order valence-electron chi connectivity index (χ2n) is 6.78. The smallest absolute Gasteiger partial charge is 0.255 e. The molecule has 5 rings (SSSR count). The van der Waals surface area contributed by atoms with E-state index < -0.39 is 0 Å². The van der Waals surface area contributed by atoms with Crippen molar-refractivity contribution in [3.63, 3.8) is 0 Å². The average Bonchev–Trinajstić information content (AvgIpc) is 2.91. The van der Waals surface area contributed by atoms with Crippen molar-refractivity contribution in [2.75, 3.05) is 13.2 Å². The molecular weight excluding hydrogens is 314 g/mol. The minimum atomic E-state index is -0.0789. The number of nitrogens with zero attached hydrogens (tertiary/aromatic N) is 1. The average molecular weight is 333 g/mol. The van der Waals surface area contributed by atoms with Crippen LogP contribution in [0.5, 0.6) is 5.75 Å². The molecule has 1 aromatic carbocycles. The zero-order valence-corrected chi connectivity index (χ0v) is 13.8. The monoisotopic (exact) mass is 333 g/mol. The van der Waals surface area contributed by atoms with Gasteiger partial charge in [0.1, 0.15) is 18.0 Å². The standard InChI is InChI=1S/C20H19N3O2/c24-20-15-5-4-13(10-18(15)25-9-8-21-20)16-11-22-19-14(16)6-7-17(23-19)12-2-1-3-12/h4-7,10-12H,1-3,8-9H2,(H,21,24)(H,22,23). The molecule has 2 N–H and O–H groups in total. The van der Waals surface area contributed by atoms with E-state index in [0.29, 0.717) is 30.4 Å². The summed E-state index contributed by atoms with van der Waals surface area (Å²) in [4.78, 5) is 20.2. The zero-order chi connectivity index (χ0) is 16.8. The van der Waals surface area contributed by atoms with Crippen LogP contribution < -0.4 is 10.1 Å². The number of aromatic nitrogens is 2. The van der Waals surface area contributed by atoms with Crippen molar-refractivity contribution in [3.8, 4) is 16.9 Å². The predicted octanol–water partition coefficient (Wildman–Crippen LogP) is 3.62. The number of H-pyrrole nitrogens is 1. The summed E-state index contributed by atoms with van der Waals surface area (Å²) in [5.41, 5.74) is 4.81. The van der Waals surface area contributed by atoms with Crippen molar-refractivity contribution < 1.29 is 9.53 Å². The number of rotatable bonds is 2. The summed E-state index contributed by atoms with van der Waals surface area (Å²) in [6, 6.07) is 10.1. The molecule has 1 amide bonds. The summed E-state index contributed by atoms with van der Waals surface area (Å²) in [7, 11) is 0. The van der Waals surface area contributed by atoms with Gasteiger partial charge in [0.05, 0.1) is 12.1 Å². The van der Waals surface area contributed by atoms with Crippen molar-refractivity contribution >= 4 is 16.9 Å². The lowest BCUT2D eigenvalue weighted by Gasteiger charge is -2.24. The van der Waals surface area contributed by atoms with Crippen molar-refractivity contribution in [2.45, 2.75) is 25.2 Å². The maximum Gasteiger partial charge on any atom is 0.255 e. The second-order valence-corrected chi connectivity index (χ2v) is 6.78. The fraction of sp³-hybridized carbons (Fsp3) is 0.300. The molecule has 0 unspecified atom stereocenters. The largest absolute Gasteiger partial charge is 0.491 e. The van der Waals surface area contributed by atoms with Gasteiger partial charge in [0.2, 0.25) is 0 Å². The number of carbonyl (C=O) groups excluding carboxylic acids is 1. The lowest BCUT2D eigenvalue weighted by molar-refractivity contribution is 0.0957. The number of nitrogens with one attached hydrogen (secondary N) is 2. The van der Waals surface area contributed by atoms with Crippen molar-refractivity contribution in [3.05, 3.63) is 47.8 Å². The van der Waals surface area contributed by atoms with E-state index in [1.807, 2.05) is 24.4 Å². The Morgan fingerprint density at radius 2 is 2.04 bits per heavy atom. The number of hydrogen-bond acceptors (Lipinski definition) is 3. The summed E-state index contributed by atoms with van der Waals surface area (Å²) in [6.45, 7) is 1.02. The zero-order valence-electron chi connectivity index (χ0n) is 13.8. The maximum atomic E-state index is 12.0. The fourth-order valence-corrected chi connectivity index (χ4v) is 3.61. The van der Waals surface area contributed by atoms with E-state index in [9.17, 15) is 4.79 Å². The van der Waals surface area contributed by atoms with E-state index in [1.165, 1.54) is 25.0 Å². The molecule has 1 saturated carbocycles. The highest BCUT2D eigenvalue weighted by molar-refractivity contribution is 5.99. The lowest BCUT2D eigenvalue weighted by Crippen LogP contribution is -2.24. The minimum absolute atomic E-state index is 0.0789. The van der Waals surface area contributed by atoms with Gasteiger partial charge in [0, 0.05) is 28.8 Å². The molecule has 3 heterocycles. The molecule has 3 aromatic rings. The fourth-order valence-electron chi connectivity index (χ4n) is 3.61. The van der Waals surface area contributed by atoms with Crippen LogP contribution in [-0.2, 0) is 0 Å². The normalized spacial score (nSPS) is 17.4. The van der Waals surface area contributed by atoms with Crippen LogP contribution in [0.15, 0.2) is 36.5 Å². The molecule has 2 aliphatic rings. The number of pyridine rings is 1. The number of benzene rings is 1. The first kappa shape index (κ1) is 14.5. The van der Waals surface area contributed by atoms with Crippen LogP contribution in [0, 0.1) is 0 Å². The van der Waals surface area contributed by atoms with Crippen LogP contribution in [0.2, 0.25) is 0 Å². The molecule has 2 aromatic heterocycles. The quantitative estimate of drug-likeness (QED) is 0.753. The molecule has 5 nitrogen and oxygen atoms in total. The Labute approximate surface area is 145 Å². The van der Waals surface area contributed by atoms with E-state index in [2.05, 4.69) is 22.4 Å². The summed E-state index contributed by atoms with van der Waals surface area (Å²) in [5, 5.41) is 3.93. The summed E-state index contributed by atoms with van der Waals surface area (Å²) in [5.74, 6) is 1.18. The van der Waals surface area contributed by atoms with E-state index in [-0.39, 0.29) is 5.91 Å².